The highest BCUT2D eigenvalue weighted by Crippen LogP contribution is 2.29. The zero-order valence-electron chi connectivity index (χ0n) is 11.8. The summed E-state index contributed by atoms with van der Waals surface area (Å²) in [7, 11) is 0. The molecule has 0 bridgehead atoms. The summed E-state index contributed by atoms with van der Waals surface area (Å²) in [6.07, 6.45) is 3.17. The van der Waals surface area contributed by atoms with E-state index in [0.29, 0.717) is 29.2 Å². The van der Waals surface area contributed by atoms with Crippen LogP contribution in [0.2, 0.25) is 5.02 Å². The van der Waals surface area contributed by atoms with E-state index in [2.05, 4.69) is 6.92 Å². The highest BCUT2D eigenvalue weighted by Gasteiger charge is 2.18. The van der Waals surface area contributed by atoms with Gasteiger partial charge in [0.25, 0.3) is 0 Å². The van der Waals surface area contributed by atoms with E-state index in [9.17, 15) is 9.18 Å². The molecule has 4 heteroatoms. The monoisotopic (exact) mass is 285 g/mol. The highest BCUT2D eigenvalue weighted by molar-refractivity contribution is 6.33. The van der Waals surface area contributed by atoms with Crippen molar-refractivity contribution in [3.8, 4) is 0 Å². The van der Waals surface area contributed by atoms with E-state index >= 15 is 0 Å². The summed E-state index contributed by atoms with van der Waals surface area (Å²) in [5, 5.41) is 0.295. The Morgan fingerprint density at radius 1 is 1.32 bits per heavy atom. The minimum Gasteiger partial charge on any atom is -0.311 e. The molecule has 0 unspecified atom stereocenters. The Hall–Kier alpha value is -1.09. The fourth-order valence-corrected chi connectivity index (χ4v) is 2.15. The molecular formula is C15H21ClFNO. The van der Waals surface area contributed by atoms with Crippen LogP contribution in [-0.4, -0.2) is 12.5 Å². The molecule has 106 valence electrons. The van der Waals surface area contributed by atoms with Crippen LogP contribution in [0.3, 0.4) is 0 Å². The Bertz CT molecular complexity index is 448. The largest absolute Gasteiger partial charge is 0.311 e. The van der Waals surface area contributed by atoms with Crippen LogP contribution in [0.25, 0.3) is 0 Å². The van der Waals surface area contributed by atoms with E-state index in [4.69, 9.17) is 11.6 Å². The number of carbonyl (C=O) groups excluding carboxylic acids is 1. The van der Waals surface area contributed by atoms with Gasteiger partial charge in [-0.3, -0.25) is 4.79 Å². The first-order valence-electron chi connectivity index (χ1n) is 6.77. The third-order valence-electron chi connectivity index (χ3n) is 3.02. The third kappa shape index (κ3) is 4.20. The summed E-state index contributed by atoms with van der Waals surface area (Å²) in [6.45, 7) is 6.34. The molecule has 1 aromatic rings. The first-order valence-corrected chi connectivity index (χ1v) is 7.15. The zero-order valence-corrected chi connectivity index (χ0v) is 12.6. The lowest BCUT2D eigenvalue weighted by Crippen LogP contribution is -2.32. The number of nitrogens with zero attached hydrogens (tertiary/aromatic N) is 1. The van der Waals surface area contributed by atoms with Gasteiger partial charge in [0.15, 0.2) is 0 Å². The number of hydrogen-bond acceptors (Lipinski definition) is 1. The lowest BCUT2D eigenvalue weighted by Gasteiger charge is -2.24. The number of carbonyl (C=O) groups is 1. The number of anilines is 1. The first kappa shape index (κ1) is 16.0. The van der Waals surface area contributed by atoms with Gasteiger partial charge in [0, 0.05) is 13.0 Å². The molecule has 1 aromatic carbocycles. The van der Waals surface area contributed by atoms with Crippen molar-refractivity contribution in [1.29, 1.82) is 0 Å². The third-order valence-corrected chi connectivity index (χ3v) is 3.32. The smallest absolute Gasteiger partial charge is 0.227 e. The van der Waals surface area contributed by atoms with E-state index in [0.717, 1.165) is 19.3 Å². The number of benzene rings is 1. The maximum Gasteiger partial charge on any atom is 0.227 e. The molecule has 0 aromatic heterocycles. The van der Waals surface area contributed by atoms with Crippen molar-refractivity contribution in [2.24, 2.45) is 0 Å². The minimum atomic E-state index is -0.341. The van der Waals surface area contributed by atoms with Crippen LogP contribution in [0, 0.1) is 12.7 Å². The number of halogens is 2. The van der Waals surface area contributed by atoms with Crippen molar-refractivity contribution in [1.82, 2.24) is 0 Å². The van der Waals surface area contributed by atoms with Crippen LogP contribution >= 0.6 is 11.6 Å². The molecule has 2 nitrogen and oxygen atoms in total. The number of hydrogen-bond donors (Lipinski definition) is 0. The number of unbranched alkanes of at least 4 members (excludes halogenated alkanes) is 1. The highest BCUT2D eigenvalue weighted by atomic mass is 35.5. The second-order valence-corrected chi connectivity index (χ2v) is 5.11. The molecule has 1 rings (SSSR count). The molecule has 0 atom stereocenters. The van der Waals surface area contributed by atoms with Crippen molar-refractivity contribution in [2.75, 3.05) is 11.4 Å². The molecule has 0 saturated heterocycles. The van der Waals surface area contributed by atoms with E-state index in [1.807, 2.05) is 6.92 Å². The quantitative estimate of drug-likeness (QED) is 0.740. The predicted octanol–water partition coefficient (Wildman–Crippen LogP) is 4.72. The minimum absolute atomic E-state index is 0.0452. The molecule has 0 N–H and O–H groups in total. The van der Waals surface area contributed by atoms with Crippen LogP contribution in [0.5, 0.6) is 0 Å². The van der Waals surface area contributed by atoms with Gasteiger partial charge >= 0.3 is 0 Å². The fourth-order valence-electron chi connectivity index (χ4n) is 1.89. The Morgan fingerprint density at radius 2 is 2.00 bits per heavy atom. The van der Waals surface area contributed by atoms with Gasteiger partial charge in [-0.1, -0.05) is 31.9 Å². The summed E-state index contributed by atoms with van der Waals surface area (Å²) in [5.74, 6) is -0.295. The zero-order chi connectivity index (χ0) is 14.4. The maximum atomic E-state index is 13.4. The van der Waals surface area contributed by atoms with E-state index in [-0.39, 0.29) is 11.7 Å². The van der Waals surface area contributed by atoms with Gasteiger partial charge in [-0.15, -0.1) is 0 Å². The van der Waals surface area contributed by atoms with Crippen molar-refractivity contribution >= 4 is 23.2 Å². The first-order chi connectivity index (χ1) is 9.01. The van der Waals surface area contributed by atoms with Gasteiger partial charge in [0.2, 0.25) is 5.91 Å². The summed E-state index contributed by atoms with van der Waals surface area (Å²) < 4.78 is 13.4. The fraction of sp³-hybridized carbons (Fsp3) is 0.533. The van der Waals surface area contributed by atoms with Gasteiger partial charge in [-0.2, -0.15) is 0 Å². The summed E-state index contributed by atoms with van der Waals surface area (Å²) in [6, 6.07) is 2.94. The molecule has 0 aliphatic rings. The average Bonchev–Trinajstić information content (AvgIpc) is 2.36. The molecule has 0 heterocycles. The molecule has 0 spiro atoms. The Kier molecular flexibility index (Phi) is 6.29. The molecular weight excluding hydrogens is 265 g/mol. The normalized spacial score (nSPS) is 10.6. The summed E-state index contributed by atoms with van der Waals surface area (Å²) in [4.78, 5) is 13.9. The molecule has 0 saturated carbocycles. The van der Waals surface area contributed by atoms with Crippen LogP contribution in [0.4, 0.5) is 10.1 Å². The molecule has 0 aliphatic heterocycles. The topological polar surface area (TPSA) is 20.3 Å². The summed E-state index contributed by atoms with van der Waals surface area (Å²) >= 11 is 6.09. The van der Waals surface area contributed by atoms with Gasteiger partial charge in [-0.05, 0) is 37.5 Å². The SMILES string of the molecule is CCCCN(C(=O)CCC)c1cc(C)c(F)cc1Cl. The van der Waals surface area contributed by atoms with Crippen molar-refractivity contribution in [2.45, 2.75) is 46.5 Å². The van der Waals surface area contributed by atoms with Crippen molar-refractivity contribution in [3.63, 3.8) is 0 Å². The molecule has 0 fully saturated rings. The second kappa shape index (κ2) is 7.49. The van der Waals surface area contributed by atoms with Crippen molar-refractivity contribution < 1.29 is 9.18 Å². The van der Waals surface area contributed by atoms with Crippen molar-refractivity contribution in [3.05, 3.63) is 28.5 Å². The lowest BCUT2D eigenvalue weighted by molar-refractivity contribution is -0.118. The Balaban J connectivity index is 3.09. The van der Waals surface area contributed by atoms with E-state index < -0.39 is 0 Å². The standard InChI is InChI=1S/C15H21ClFNO/c1-4-6-8-18(15(19)7-5-2)14-9-11(3)13(17)10-12(14)16/h9-10H,4-8H2,1-3H3. The Morgan fingerprint density at radius 3 is 2.58 bits per heavy atom. The van der Waals surface area contributed by atoms with E-state index in [1.165, 1.54) is 6.07 Å². The van der Waals surface area contributed by atoms with Crippen LogP contribution in [-0.2, 0) is 4.79 Å². The average molecular weight is 286 g/mol. The summed E-state index contributed by atoms with van der Waals surface area (Å²) in [5.41, 5.74) is 1.12. The number of aryl methyl sites for hydroxylation is 1. The second-order valence-electron chi connectivity index (χ2n) is 4.70. The van der Waals surface area contributed by atoms with Crippen LogP contribution in [0.1, 0.15) is 45.1 Å². The molecule has 0 aliphatic carbocycles. The van der Waals surface area contributed by atoms with Gasteiger partial charge in [0.05, 0.1) is 10.7 Å². The van der Waals surface area contributed by atoms with Crippen LogP contribution < -0.4 is 4.90 Å². The maximum absolute atomic E-state index is 13.4. The Labute approximate surface area is 119 Å². The van der Waals surface area contributed by atoms with Gasteiger partial charge in [-0.25, -0.2) is 4.39 Å². The molecule has 19 heavy (non-hydrogen) atoms. The molecule has 0 radical (unpaired) electrons. The van der Waals surface area contributed by atoms with Gasteiger partial charge < -0.3 is 4.90 Å². The predicted molar refractivity (Wildman–Crippen MR) is 78.3 cm³/mol. The number of rotatable bonds is 6. The number of amides is 1. The van der Waals surface area contributed by atoms with Gasteiger partial charge in [0.1, 0.15) is 5.82 Å². The molecule has 1 amide bonds. The van der Waals surface area contributed by atoms with E-state index in [1.54, 1.807) is 17.9 Å². The van der Waals surface area contributed by atoms with Crippen LogP contribution in [0.15, 0.2) is 12.1 Å². The lowest BCUT2D eigenvalue weighted by atomic mass is 10.1.